The lowest BCUT2D eigenvalue weighted by Gasteiger charge is -2.12. The topological polar surface area (TPSA) is 61.0 Å². The number of aromatic nitrogens is 2. The van der Waals surface area contributed by atoms with E-state index in [1.54, 1.807) is 18.5 Å². The number of rotatable bonds is 3. The molecule has 0 saturated heterocycles. The smallest absolute Gasteiger partial charge is 0.224 e. The second kappa shape index (κ2) is 5.33. The van der Waals surface area contributed by atoms with Gasteiger partial charge in [-0.25, -0.2) is 4.98 Å². The lowest BCUT2D eigenvalue weighted by atomic mass is 10.1. The summed E-state index contributed by atoms with van der Waals surface area (Å²) < 4.78 is 5.70. The highest BCUT2D eigenvalue weighted by Crippen LogP contribution is 2.26. The molecule has 5 heteroatoms. The Bertz CT molecular complexity index is 572. The van der Waals surface area contributed by atoms with E-state index in [0.717, 1.165) is 16.8 Å². The summed E-state index contributed by atoms with van der Waals surface area (Å²) in [7, 11) is 0. The quantitative estimate of drug-likeness (QED) is 0.925. The van der Waals surface area contributed by atoms with Crippen LogP contribution in [-0.2, 0) is 6.54 Å². The van der Waals surface area contributed by atoms with Gasteiger partial charge >= 0.3 is 0 Å². The first-order valence-electron chi connectivity index (χ1n) is 5.55. The Labute approximate surface area is 111 Å². The first kappa shape index (κ1) is 12.8. The molecule has 0 fully saturated rings. The molecule has 0 unspecified atom stereocenters. The largest absolute Gasteiger partial charge is 0.437 e. The molecule has 18 heavy (non-hydrogen) atoms. The molecule has 0 aliphatic rings. The molecule has 2 rings (SSSR count). The summed E-state index contributed by atoms with van der Waals surface area (Å²) >= 11 is 5.86. The molecule has 0 bridgehead atoms. The Balaban J connectivity index is 2.39. The van der Waals surface area contributed by atoms with E-state index in [0.29, 0.717) is 23.2 Å². The SMILES string of the molecule is Cc1cc(C)c(CN)c(Oc2cncc(Cl)c2)n1. The molecule has 0 spiro atoms. The van der Waals surface area contributed by atoms with E-state index in [1.165, 1.54) is 0 Å². The summed E-state index contributed by atoms with van der Waals surface area (Å²) in [4.78, 5) is 8.32. The van der Waals surface area contributed by atoms with E-state index in [-0.39, 0.29) is 0 Å². The van der Waals surface area contributed by atoms with E-state index in [2.05, 4.69) is 9.97 Å². The van der Waals surface area contributed by atoms with Gasteiger partial charge in [-0.1, -0.05) is 11.6 Å². The molecule has 0 aliphatic carbocycles. The van der Waals surface area contributed by atoms with E-state index in [9.17, 15) is 0 Å². The third-order valence-corrected chi connectivity index (χ3v) is 2.74. The van der Waals surface area contributed by atoms with Gasteiger partial charge in [-0.05, 0) is 25.5 Å². The van der Waals surface area contributed by atoms with E-state index in [1.807, 2.05) is 19.9 Å². The van der Waals surface area contributed by atoms with Crippen LogP contribution in [0.2, 0.25) is 5.02 Å². The fourth-order valence-corrected chi connectivity index (χ4v) is 1.89. The standard InChI is InChI=1S/C13H14ClN3O/c1-8-3-9(2)17-13(12(8)5-15)18-11-4-10(14)6-16-7-11/h3-4,6-7H,5,15H2,1-2H3. The fourth-order valence-electron chi connectivity index (χ4n) is 1.72. The maximum Gasteiger partial charge on any atom is 0.224 e. The fraction of sp³-hybridized carbons (Fsp3) is 0.231. The highest BCUT2D eigenvalue weighted by Gasteiger charge is 2.10. The summed E-state index contributed by atoms with van der Waals surface area (Å²) in [5.41, 5.74) is 8.56. The Morgan fingerprint density at radius 3 is 2.72 bits per heavy atom. The zero-order valence-electron chi connectivity index (χ0n) is 10.3. The average Bonchev–Trinajstić information content (AvgIpc) is 2.28. The van der Waals surface area contributed by atoms with Gasteiger partial charge in [0, 0.05) is 30.1 Å². The zero-order valence-corrected chi connectivity index (χ0v) is 11.0. The van der Waals surface area contributed by atoms with Crippen molar-refractivity contribution in [1.82, 2.24) is 9.97 Å². The number of ether oxygens (including phenoxy) is 1. The van der Waals surface area contributed by atoms with Crippen LogP contribution in [0.5, 0.6) is 11.6 Å². The molecule has 2 aromatic rings. The van der Waals surface area contributed by atoms with Gasteiger partial charge < -0.3 is 10.5 Å². The van der Waals surface area contributed by atoms with E-state index in [4.69, 9.17) is 22.1 Å². The molecule has 0 radical (unpaired) electrons. The highest BCUT2D eigenvalue weighted by molar-refractivity contribution is 6.30. The monoisotopic (exact) mass is 263 g/mol. The van der Waals surface area contributed by atoms with Gasteiger partial charge in [-0.2, -0.15) is 0 Å². The maximum absolute atomic E-state index is 5.86. The molecule has 94 valence electrons. The molecule has 2 aromatic heterocycles. The van der Waals surface area contributed by atoms with Crippen molar-refractivity contribution in [2.24, 2.45) is 5.73 Å². The van der Waals surface area contributed by atoms with Crippen molar-refractivity contribution >= 4 is 11.6 Å². The molecule has 0 atom stereocenters. The predicted molar refractivity (Wildman–Crippen MR) is 70.9 cm³/mol. The van der Waals surface area contributed by atoms with Crippen LogP contribution in [0.15, 0.2) is 24.5 Å². The van der Waals surface area contributed by atoms with Gasteiger partial charge in [0.15, 0.2) is 0 Å². The summed E-state index contributed by atoms with van der Waals surface area (Å²) in [5.74, 6) is 1.06. The van der Waals surface area contributed by atoms with Crippen molar-refractivity contribution in [3.63, 3.8) is 0 Å². The lowest BCUT2D eigenvalue weighted by Crippen LogP contribution is -2.05. The minimum absolute atomic E-state index is 0.377. The van der Waals surface area contributed by atoms with Crippen LogP contribution in [0.1, 0.15) is 16.8 Å². The Hall–Kier alpha value is -1.65. The highest BCUT2D eigenvalue weighted by atomic mass is 35.5. The summed E-state index contributed by atoms with van der Waals surface area (Å²) in [6.45, 7) is 4.28. The molecule has 0 aliphatic heterocycles. The molecule has 0 amide bonds. The Morgan fingerprint density at radius 1 is 1.28 bits per heavy atom. The van der Waals surface area contributed by atoms with Crippen LogP contribution >= 0.6 is 11.6 Å². The molecule has 0 aromatic carbocycles. The number of pyridine rings is 2. The lowest BCUT2D eigenvalue weighted by molar-refractivity contribution is 0.452. The number of hydrogen-bond acceptors (Lipinski definition) is 4. The number of nitrogens with zero attached hydrogens (tertiary/aromatic N) is 2. The number of aryl methyl sites for hydroxylation is 2. The van der Waals surface area contributed by atoms with Gasteiger partial charge in [-0.3, -0.25) is 4.98 Å². The van der Waals surface area contributed by atoms with Gasteiger partial charge in [0.1, 0.15) is 5.75 Å². The van der Waals surface area contributed by atoms with Crippen molar-refractivity contribution in [2.45, 2.75) is 20.4 Å². The third-order valence-electron chi connectivity index (χ3n) is 2.54. The molecular weight excluding hydrogens is 250 g/mol. The van der Waals surface area contributed by atoms with Crippen LogP contribution < -0.4 is 10.5 Å². The average molecular weight is 264 g/mol. The second-order valence-corrected chi connectivity index (χ2v) is 4.45. The summed E-state index contributed by atoms with van der Waals surface area (Å²) in [6, 6.07) is 3.67. The summed E-state index contributed by atoms with van der Waals surface area (Å²) in [5, 5.41) is 0.520. The maximum atomic E-state index is 5.86. The Morgan fingerprint density at radius 2 is 2.06 bits per heavy atom. The summed E-state index contributed by atoms with van der Waals surface area (Å²) in [6.07, 6.45) is 3.14. The van der Waals surface area contributed by atoms with Crippen molar-refractivity contribution < 1.29 is 4.74 Å². The third kappa shape index (κ3) is 2.78. The number of nitrogens with two attached hydrogens (primary N) is 1. The molecule has 4 nitrogen and oxygen atoms in total. The van der Waals surface area contributed by atoms with Gasteiger partial charge in [0.25, 0.3) is 0 Å². The molecule has 2 N–H and O–H groups in total. The van der Waals surface area contributed by atoms with Crippen LogP contribution in [0, 0.1) is 13.8 Å². The van der Waals surface area contributed by atoms with Gasteiger partial charge in [-0.15, -0.1) is 0 Å². The van der Waals surface area contributed by atoms with Crippen LogP contribution in [0.3, 0.4) is 0 Å². The van der Waals surface area contributed by atoms with E-state index < -0.39 is 0 Å². The first-order valence-corrected chi connectivity index (χ1v) is 5.93. The van der Waals surface area contributed by atoms with Crippen LogP contribution in [-0.4, -0.2) is 9.97 Å². The van der Waals surface area contributed by atoms with Crippen molar-refractivity contribution in [3.8, 4) is 11.6 Å². The zero-order chi connectivity index (χ0) is 13.1. The number of halogens is 1. The second-order valence-electron chi connectivity index (χ2n) is 4.01. The van der Waals surface area contributed by atoms with Gasteiger partial charge in [0.05, 0.1) is 11.2 Å². The minimum Gasteiger partial charge on any atom is -0.437 e. The first-order chi connectivity index (χ1) is 8.60. The predicted octanol–water partition coefficient (Wildman–Crippen LogP) is 3.00. The Kier molecular flexibility index (Phi) is 3.79. The minimum atomic E-state index is 0.377. The molecule has 2 heterocycles. The normalized spacial score (nSPS) is 10.4. The number of hydrogen-bond donors (Lipinski definition) is 1. The van der Waals surface area contributed by atoms with Crippen molar-refractivity contribution in [1.29, 1.82) is 0 Å². The van der Waals surface area contributed by atoms with Crippen LogP contribution in [0.25, 0.3) is 0 Å². The van der Waals surface area contributed by atoms with Crippen molar-refractivity contribution in [2.75, 3.05) is 0 Å². The van der Waals surface area contributed by atoms with E-state index >= 15 is 0 Å². The van der Waals surface area contributed by atoms with Gasteiger partial charge in [0.2, 0.25) is 5.88 Å². The molecule has 0 saturated carbocycles. The van der Waals surface area contributed by atoms with Crippen LogP contribution in [0.4, 0.5) is 0 Å². The van der Waals surface area contributed by atoms with Crippen molar-refractivity contribution in [3.05, 3.63) is 46.4 Å². The molecular formula is C13H14ClN3O.